The summed E-state index contributed by atoms with van der Waals surface area (Å²) in [4.78, 5) is 11.0. The lowest BCUT2D eigenvalue weighted by molar-refractivity contribution is 0.995. The first-order valence-corrected chi connectivity index (χ1v) is 6.63. The molecule has 98 valence electrons. The van der Waals surface area contributed by atoms with Crippen molar-refractivity contribution in [3.8, 4) is 0 Å². The number of hydrogen-bond donors (Lipinski definition) is 1. The largest absolute Gasteiger partial charge is 0.367 e. The summed E-state index contributed by atoms with van der Waals surface area (Å²) in [5.41, 5.74) is 1.12. The molecular formula is C15H18N4. The highest BCUT2D eigenvalue weighted by atomic mass is 15.2. The van der Waals surface area contributed by atoms with Crippen molar-refractivity contribution in [1.82, 2.24) is 9.97 Å². The summed E-state index contributed by atoms with van der Waals surface area (Å²) in [6, 6.07) is 12.8. The first-order chi connectivity index (χ1) is 9.22. The minimum Gasteiger partial charge on any atom is -0.367 e. The predicted molar refractivity (Wildman–Crippen MR) is 77.9 cm³/mol. The molecule has 1 aromatic carbocycles. The maximum atomic E-state index is 4.51. The van der Waals surface area contributed by atoms with Gasteiger partial charge in [0.2, 0.25) is 0 Å². The molecule has 0 aliphatic heterocycles. The maximum Gasteiger partial charge on any atom is 0.138 e. The van der Waals surface area contributed by atoms with Crippen LogP contribution < -0.4 is 10.2 Å². The number of anilines is 3. The number of para-hydroxylation sites is 1. The van der Waals surface area contributed by atoms with E-state index < -0.39 is 0 Å². The van der Waals surface area contributed by atoms with E-state index in [-0.39, 0.29) is 0 Å². The Morgan fingerprint density at radius 2 is 1.89 bits per heavy atom. The van der Waals surface area contributed by atoms with E-state index in [1.807, 2.05) is 38.2 Å². The van der Waals surface area contributed by atoms with Crippen LogP contribution in [0.15, 0.2) is 36.4 Å². The molecule has 4 nitrogen and oxygen atoms in total. The Balaban J connectivity index is 1.88. The molecule has 1 N–H and O–H groups in total. The van der Waals surface area contributed by atoms with E-state index in [0.29, 0.717) is 6.04 Å². The van der Waals surface area contributed by atoms with Crippen molar-refractivity contribution in [2.45, 2.75) is 25.8 Å². The number of nitrogens with zero attached hydrogens (tertiary/aromatic N) is 3. The smallest absolute Gasteiger partial charge is 0.138 e. The lowest BCUT2D eigenvalue weighted by Crippen LogP contribution is -2.13. The summed E-state index contributed by atoms with van der Waals surface area (Å²) < 4.78 is 0. The van der Waals surface area contributed by atoms with Gasteiger partial charge in [-0.05, 0) is 31.9 Å². The monoisotopic (exact) mass is 254 g/mol. The van der Waals surface area contributed by atoms with Gasteiger partial charge in [-0.15, -0.1) is 0 Å². The van der Waals surface area contributed by atoms with Gasteiger partial charge in [0.1, 0.15) is 17.5 Å². The van der Waals surface area contributed by atoms with Gasteiger partial charge >= 0.3 is 0 Å². The molecule has 0 spiro atoms. The molecule has 0 atom stereocenters. The van der Waals surface area contributed by atoms with Crippen LogP contribution in [0.4, 0.5) is 17.3 Å². The van der Waals surface area contributed by atoms with Crippen LogP contribution in [0, 0.1) is 6.92 Å². The second kappa shape index (κ2) is 4.88. The Morgan fingerprint density at radius 3 is 2.58 bits per heavy atom. The van der Waals surface area contributed by atoms with Gasteiger partial charge in [0.05, 0.1) is 0 Å². The zero-order chi connectivity index (χ0) is 13.2. The lowest BCUT2D eigenvalue weighted by Gasteiger charge is -2.19. The second-order valence-electron chi connectivity index (χ2n) is 4.97. The normalized spacial score (nSPS) is 14.2. The predicted octanol–water partition coefficient (Wildman–Crippen LogP) is 3.13. The van der Waals surface area contributed by atoms with Gasteiger partial charge < -0.3 is 10.2 Å². The molecule has 0 radical (unpaired) electrons. The zero-order valence-corrected chi connectivity index (χ0v) is 11.3. The first-order valence-electron chi connectivity index (χ1n) is 6.63. The molecular weight excluding hydrogens is 236 g/mol. The summed E-state index contributed by atoms with van der Waals surface area (Å²) in [5, 5.41) is 3.43. The molecule has 1 saturated carbocycles. The fourth-order valence-electron chi connectivity index (χ4n) is 2.02. The molecule has 4 heteroatoms. The molecule has 1 aliphatic carbocycles. The summed E-state index contributed by atoms with van der Waals surface area (Å²) >= 11 is 0. The summed E-state index contributed by atoms with van der Waals surface area (Å²) in [7, 11) is 2.03. The van der Waals surface area contributed by atoms with Gasteiger partial charge in [-0.2, -0.15) is 0 Å². The molecule has 1 heterocycles. The number of aryl methyl sites for hydroxylation is 1. The number of hydrogen-bond acceptors (Lipinski definition) is 4. The third-order valence-electron chi connectivity index (χ3n) is 3.24. The SMILES string of the molecule is Cc1nc(NC2CC2)cc(N(C)c2ccccc2)n1. The van der Waals surface area contributed by atoms with Crippen molar-refractivity contribution < 1.29 is 0 Å². The number of nitrogens with one attached hydrogen (secondary N) is 1. The Morgan fingerprint density at radius 1 is 1.16 bits per heavy atom. The highest BCUT2D eigenvalue weighted by Gasteiger charge is 2.22. The van der Waals surface area contributed by atoms with Crippen molar-refractivity contribution in [1.29, 1.82) is 0 Å². The average molecular weight is 254 g/mol. The van der Waals surface area contributed by atoms with Gasteiger partial charge in [-0.3, -0.25) is 0 Å². The van der Waals surface area contributed by atoms with Crippen LogP contribution >= 0.6 is 0 Å². The van der Waals surface area contributed by atoms with E-state index in [1.165, 1.54) is 12.8 Å². The fraction of sp³-hybridized carbons (Fsp3) is 0.333. The Kier molecular flexibility index (Phi) is 3.07. The minimum atomic E-state index is 0.601. The fourth-order valence-corrected chi connectivity index (χ4v) is 2.02. The summed E-state index contributed by atoms with van der Waals surface area (Å²) in [5.74, 6) is 2.64. The second-order valence-corrected chi connectivity index (χ2v) is 4.97. The zero-order valence-electron chi connectivity index (χ0n) is 11.3. The van der Waals surface area contributed by atoms with E-state index >= 15 is 0 Å². The summed E-state index contributed by atoms with van der Waals surface area (Å²) in [6.07, 6.45) is 2.49. The van der Waals surface area contributed by atoms with E-state index in [2.05, 4.69) is 32.3 Å². The molecule has 19 heavy (non-hydrogen) atoms. The van der Waals surface area contributed by atoms with Crippen LogP contribution in [0.1, 0.15) is 18.7 Å². The van der Waals surface area contributed by atoms with Gasteiger partial charge in [0.25, 0.3) is 0 Å². The van der Waals surface area contributed by atoms with Gasteiger partial charge in [-0.1, -0.05) is 18.2 Å². The van der Waals surface area contributed by atoms with Crippen molar-refractivity contribution >= 4 is 17.3 Å². The standard InChI is InChI=1S/C15H18N4/c1-11-16-14(18-12-8-9-12)10-15(17-11)19(2)13-6-4-3-5-7-13/h3-7,10,12H,8-9H2,1-2H3,(H,16,17,18). The van der Waals surface area contributed by atoms with Crippen molar-refractivity contribution in [3.63, 3.8) is 0 Å². The lowest BCUT2D eigenvalue weighted by atomic mass is 10.3. The molecule has 1 fully saturated rings. The Labute approximate surface area is 113 Å². The molecule has 0 unspecified atom stereocenters. The first kappa shape index (κ1) is 12.0. The van der Waals surface area contributed by atoms with Crippen molar-refractivity contribution in [2.75, 3.05) is 17.3 Å². The van der Waals surface area contributed by atoms with Crippen LogP contribution in [0.5, 0.6) is 0 Å². The van der Waals surface area contributed by atoms with Crippen LogP contribution in [-0.4, -0.2) is 23.1 Å². The Bertz CT molecular complexity index is 564. The quantitative estimate of drug-likeness (QED) is 0.910. The molecule has 1 aliphatic rings. The van der Waals surface area contributed by atoms with E-state index in [0.717, 1.165) is 23.1 Å². The number of benzene rings is 1. The van der Waals surface area contributed by atoms with Crippen LogP contribution in [0.3, 0.4) is 0 Å². The van der Waals surface area contributed by atoms with Crippen molar-refractivity contribution in [2.24, 2.45) is 0 Å². The maximum absolute atomic E-state index is 4.51. The molecule has 0 bridgehead atoms. The number of rotatable bonds is 4. The highest BCUT2D eigenvalue weighted by Crippen LogP contribution is 2.27. The van der Waals surface area contributed by atoms with Crippen LogP contribution in [-0.2, 0) is 0 Å². The van der Waals surface area contributed by atoms with Gasteiger partial charge in [0.15, 0.2) is 0 Å². The van der Waals surface area contributed by atoms with E-state index in [4.69, 9.17) is 0 Å². The minimum absolute atomic E-state index is 0.601. The number of aromatic nitrogens is 2. The third-order valence-corrected chi connectivity index (χ3v) is 3.24. The molecule has 0 saturated heterocycles. The Hall–Kier alpha value is -2.10. The van der Waals surface area contributed by atoms with Crippen LogP contribution in [0.2, 0.25) is 0 Å². The van der Waals surface area contributed by atoms with Gasteiger partial charge in [-0.25, -0.2) is 9.97 Å². The van der Waals surface area contributed by atoms with Crippen LogP contribution in [0.25, 0.3) is 0 Å². The van der Waals surface area contributed by atoms with E-state index in [9.17, 15) is 0 Å². The highest BCUT2D eigenvalue weighted by molar-refractivity contribution is 5.61. The molecule has 1 aromatic heterocycles. The summed E-state index contributed by atoms with van der Waals surface area (Å²) in [6.45, 7) is 1.93. The van der Waals surface area contributed by atoms with E-state index in [1.54, 1.807) is 0 Å². The molecule has 0 amide bonds. The topological polar surface area (TPSA) is 41.1 Å². The van der Waals surface area contributed by atoms with Crippen molar-refractivity contribution in [3.05, 3.63) is 42.2 Å². The average Bonchev–Trinajstić information content (AvgIpc) is 3.22. The third kappa shape index (κ3) is 2.84. The molecule has 3 rings (SSSR count). The molecule has 2 aromatic rings. The van der Waals surface area contributed by atoms with Gasteiger partial charge in [0, 0.05) is 24.8 Å².